The van der Waals surface area contributed by atoms with E-state index in [-0.39, 0.29) is 18.7 Å². The summed E-state index contributed by atoms with van der Waals surface area (Å²) >= 11 is 0. The van der Waals surface area contributed by atoms with Crippen LogP contribution in [0.25, 0.3) is 0 Å². The Morgan fingerprint density at radius 2 is 1.82 bits per heavy atom. The number of esters is 1. The number of nitrogens with two attached hydrogens (primary N) is 1. The fourth-order valence-corrected chi connectivity index (χ4v) is 1.64. The maximum absolute atomic E-state index is 11.3. The summed E-state index contributed by atoms with van der Waals surface area (Å²) in [6.07, 6.45) is -0.125. The summed E-state index contributed by atoms with van der Waals surface area (Å²) in [6.45, 7) is 7.32. The molecule has 0 unspecified atom stereocenters. The van der Waals surface area contributed by atoms with Gasteiger partial charge in [0.15, 0.2) is 6.61 Å². The van der Waals surface area contributed by atoms with E-state index < -0.39 is 0 Å². The molecule has 1 rings (SSSR count). The van der Waals surface area contributed by atoms with Crippen LogP contribution in [0.4, 0.5) is 5.69 Å². The number of carbonyl (C=O) groups is 1. The summed E-state index contributed by atoms with van der Waals surface area (Å²) in [5.74, 6) is 0.329. The van der Waals surface area contributed by atoms with Gasteiger partial charge in [-0.1, -0.05) is 0 Å². The van der Waals surface area contributed by atoms with E-state index in [0.29, 0.717) is 11.4 Å². The number of hydrogen-bond donors (Lipinski definition) is 1. The maximum Gasteiger partial charge on any atom is 0.344 e. The van der Waals surface area contributed by atoms with Crippen molar-refractivity contribution in [2.45, 2.75) is 33.8 Å². The molecule has 1 aromatic carbocycles. The molecule has 0 atom stereocenters. The van der Waals surface area contributed by atoms with Gasteiger partial charge in [0.25, 0.3) is 0 Å². The molecule has 0 amide bonds. The highest BCUT2D eigenvalue weighted by atomic mass is 16.6. The second-order valence-electron chi connectivity index (χ2n) is 4.31. The third-order valence-corrected chi connectivity index (χ3v) is 2.18. The average molecular weight is 237 g/mol. The van der Waals surface area contributed by atoms with Gasteiger partial charge in [-0.05, 0) is 51.0 Å². The minimum atomic E-state index is -0.365. The predicted octanol–water partition coefficient (Wildman–Crippen LogP) is 2.22. The summed E-state index contributed by atoms with van der Waals surface area (Å²) in [4.78, 5) is 11.3. The van der Waals surface area contributed by atoms with Crippen molar-refractivity contribution in [3.8, 4) is 5.75 Å². The quantitative estimate of drug-likeness (QED) is 0.644. The van der Waals surface area contributed by atoms with Crippen LogP contribution in [0.5, 0.6) is 5.75 Å². The minimum Gasteiger partial charge on any atom is -0.481 e. The second-order valence-corrected chi connectivity index (χ2v) is 4.31. The average Bonchev–Trinajstić information content (AvgIpc) is 2.14. The molecule has 4 nitrogen and oxygen atoms in total. The van der Waals surface area contributed by atoms with Gasteiger partial charge in [0.1, 0.15) is 5.75 Å². The van der Waals surface area contributed by atoms with E-state index in [1.54, 1.807) is 13.8 Å². The van der Waals surface area contributed by atoms with E-state index in [0.717, 1.165) is 11.1 Å². The molecule has 0 spiro atoms. The molecule has 0 radical (unpaired) electrons. The molecule has 1 aromatic rings. The Kier molecular flexibility index (Phi) is 4.37. The molecule has 0 fully saturated rings. The Balaban J connectivity index is 2.67. The van der Waals surface area contributed by atoms with Crippen molar-refractivity contribution >= 4 is 11.7 Å². The summed E-state index contributed by atoms with van der Waals surface area (Å²) in [7, 11) is 0. The van der Waals surface area contributed by atoms with Crippen molar-refractivity contribution in [2.75, 3.05) is 12.3 Å². The molecule has 0 aliphatic heterocycles. The lowest BCUT2D eigenvalue weighted by Crippen LogP contribution is -2.19. The molecule has 0 aromatic heterocycles. The van der Waals surface area contributed by atoms with Crippen LogP contribution in [-0.2, 0) is 9.53 Å². The monoisotopic (exact) mass is 237 g/mol. The molecule has 0 aliphatic carbocycles. The third-order valence-electron chi connectivity index (χ3n) is 2.18. The lowest BCUT2D eigenvalue weighted by atomic mass is 10.1. The molecule has 2 N–H and O–H groups in total. The SMILES string of the molecule is Cc1cc(N)cc(C)c1OCC(=O)OC(C)C. The number of hydrogen-bond acceptors (Lipinski definition) is 4. The fourth-order valence-electron chi connectivity index (χ4n) is 1.64. The smallest absolute Gasteiger partial charge is 0.344 e. The van der Waals surface area contributed by atoms with Gasteiger partial charge in [-0.2, -0.15) is 0 Å². The Hall–Kier alpha value is -1.71. The lowest BCUT2D eigenvalue weighted by molar-refractivity contribution is -0.149. The molecule has 17 heavy (non-hydrogen) atoms. The highest BCUT2D eigenvalue weighted by Gasteiger charge is 2.10. The molecule has 0 heterocycles. The summed E-state index contributed by atoms with van der Waals surface area (Å²) < 4.78 is 10.4. The number of aryl methyl sites for hydroxylation is 2. The first kappa shape index (κ1) is 13.4. The van der Waals surface area contributed by atoms with E-state index >= 15 is 0 Å². The van der Waals surface area contributed by atoms with E-state index in [2.05, 4.69) is 0 Å². The number of rotatable bonds is 4. The summed E-state index contributed by atoms with van der Waals surface area (Å²) in [5, 5.41) is 0. The maximum atomic E-state index is 11.3. The van der Waals surface area contributed by atoms with Crippen LogP contribution in [0.1, 0.15) is 25.0 Å². The van der Waals surface area contributed by atoms with Gasteiger partial charge >= 0.3 is 5.97 Å². The first-order chi connectivity index (χ1) is 7.90. The lowest BCUT2D eigenvalue weighted by Gasteiger charge is -2.13. The number of ether oxygens (including phenoxy) is 2. The molecular weight excluding hydrogens is 218 g/mol. The van der Waals surface area contributed by atoms with E-state index in [4.69, 9.17) is 15.2 Å². The molecular formula is C13H19NO3. The topological polar surface area (TPSA) is 61.5 Å². The van der Waals surface area contributed by atoms with E-state index in [9.17, 15) is 4.79 Å². The van der Waals surface area contributed by atoms with Gasteiger partial charge in [-0.15, -0.1) is 0 Å². The van der Waals surface area contributed by atoms with Gasteiger partial charge in [0.05, 0.1) is 6.10 Å². The Morgan fingerprint density at radius 3 is 2.29 bits per heavy atom. The molecule has 0 aliphatic rings. The van der Waals surface area contributed by atoms with E-state index in [1.165, 1.54) is 0 Å². The summed E-state index contributed by atoms with van der Waals surface area (Å²) in [5.41, 5.74) is 8.23. The number of benzene rings is 1. The van der Waals surface area contributed by atoms with Gasteiger partial charge in [-0.25, -0.2) is 4.79 Å². The van der Waals surface area contributed by atoms with Crippen molar-refractivity contribution in [2.24, 2.45) is 0 Å². The normalized spacial score (nSPS) is 10.4. The first-order valence-electron chi connectivity index (χ1n) is 5.59. The van der Waals surface area contributed by atoms with Gasteiger partial charge < -0.3 is 15.2 Å². The van der Waals surface area contributed by atoms with Gasteiger partial charge in [0, 0.05) is 5.69 Å². The summed E-state index contributed by atoms with van der Waals surface area (Å²) in [6, 6.07) is 3.63. The van der Waals surface area contributed by atoms with Crippen LogP contribution in [0.15, 0.2) is 12.1 Å². The first-order valence-corrected chi connectivity index (χ1v) is 5.59. The van der Waals surface area contributed by atoms with Crippen molar-refractivity contribution in [3.05, 3.63) is 23.3 Å². The zero-order valence-corrected chi connectivity index (χ0v) is 10.7. The standard InChI is InChI=1S/C13H19NO3/c1-8(2)17-12(15)7-16-13-9(3)5-11(14)6-10(13)4/h5-6,8H,7,14H2,1-4H3. The van der Waals surface area contributed by atoms with Crippen LogP contribution in [-0.4, -0.2) is 18.7 Å². The fraction of sp³-hybridized carbons (Fsp3) is 0.462. The third kappa shape index (κ3) is 3.98. The molecule has 0 saturated carbocycles. The van der Waals surface area contributed by atoms with Crippen LogP contribution in [0.2, 0.25) is 0 Å². The number of carbonyl (C=O) groups excluding carboxylic acids is 1. The largest absolute Gasteiger partial charge is 0.481 e. The van der Waals surface area contributed by atoms with Crippen molar-refractivity contribution in [1.82, 2.24) is 0 Å². The molecule has 0 bridgehead atoms. The predicted molar refractivity (Wildman–Crippen MR) is 67.1 cm³/mol. The zero-order chi connectivity index (χ0) is 13.0. The molecule has 4 heteroatoms. The van der Waals surface area contributed by atoms with Crippen LogP contribution < -0.4 is 10.5 Å². The molecule has 0 saturated heterocycles. The minimum absolute atomic E-state index is 0.0796. The molecule has 94 valence electrons. The van der Waals surface area contributed by atoms with Crippen molar-refractivity contribution in [1.29, 1.82) is 0 Å². The Morgan fingerprint density at radius 1 is 1.29 bits per heavy atom. The Bertz CT molecular complexity index is 390. The second kappa shape index (κ2) is 5.57. The highest BCUT2D eigenvalue weighted by molar-refractivity contribution is 5.71. The van der Waals surface area contributed by atoms with Crippen molar-refractivity contribution < 1.29 is 14.3 Å². The van der Waals surface area contributed by atoms with Crippen LogP contribution in [0, 0.1) is 13.8 Å². The zero-order valence-electron chi connectivity index (χ0n) is 10.7. The van der Waals surface area contributed by atoms with Gasteiger partial charge in [-0.3, -0.25) is 0 Å². The Labute approximate surface area is 102 Å². The number of nitrogen functional groups attached to an aromatic ring is 1. The van der Waals surface area contributed by atoms with Gasteiger partial charge in [0.2, 0.25) is 0 Å². The highest BCUT2D eigenvalue weighted by Crippen LogP contribution is 2.25. The van der Waals surface area contributed by atoms with E-state index in [1.807, 2.05) is 26.0 Å². The van der Waals surface area contributed by atoms with Crippen molar-refractivity contribution in [3.63, 3.8) is 0 Å². The number of anilines is 1. The van der Waals surface area contributed by atoms with Crippen LogP contribution >= 0.6 is 0 Å². The van der Waals surface area contributed by atoms with Crippen LogP contribution in [0.3, 0.4) is 0 Å².